The first-order valence-corrected chi connectivity index (χ1v) is 9.33. The number of sulfonamides is 1. The van der Waals surface area contributed by atoms with E-state index in [1.54, 1.807) is 12.3 Å². The van der Waals surface area contributed by atoms with Gasteiger partial charge in [-0.25, -0.2) is 12.8 Å². The van der Waals surface area contributed by atoms with Crippen molar-refractivity contribution < 1.29 is 12.8 Å². The van der Waals surface area contributed by atoms with Crippen molar-refractivity contribution in [1.82, 2.24) is 4.98 Å². The number of hydrogen-bond acceptors (Lipinski definition) is 3. The quantitative estimate of drug-likeness (QED) is 0.615. The van der Waals surface area contributed by atoms with Crippen molar-refractivity contribution in [3.63, 3.8) is 0 Å². The lowest BCUT2D eigenvalue weighted by Crippen LogP contribution is -2.14. The molecule has 2 N–H and O–H groups in total. The van der Waals surface area contributed by atoms with Crippen molar-refractivity contribution in [2.75, 3.05) is 4.72 Å². The number of nitriles is 1. The molecule has 0 fully saturated rings. The Hall–Kier alpha value is -2.63. The van der Waals surface area contributed by atoms with Crippen molar-refractivity contribution in [3.8, 4) is 6.07 Å². The van der Waals surface area contributed by atoms with E-state index in [-0.39, 0.29) is 5.69 Å². The van der Waals surface area contributed by atoms with Crippen molar-refractivity contribution in [1.29, 1.82) is 5.26 Å². The predicted octanol–water partition coefficient (Wildman–Crippen LogP) is 4.38. The standard InChI is InChI=1S/C17H11BrFN3O2S/c18-12-1-6-17-16(8-12)11(10-21-17)7-15(9-20)25(23,24)22-14-4-2-13(19)3-5-14/h1-8,10,21-22H. The highest BCUT2D eigenvalue weighted by molar-refractivity contribution is 9.10. The number of fused-ring (bicyclic) bond motifs is 1. The third-order valence-corrected chi connectivity index (χ3v) is 5.24. The van der Waals surface area contributed by atoms with Gasteiger partial charge in [0.25, 0.3) is 10.0 Å². The van der Waals surface area contributed by atoms with Gasteiger partial charge in [0.05, 0.1) is 0 Å². The zero-order valence-electron chi connectivity index (χ0n) is 12.6. The topological polar surface area (TPSA) is 85.8 Å². The van der Waals surface area contributed by atoms with Crippen molar-refractivity contribution in [3.05, 3.63) is 69.4 Å². The number of nitrogens with zero attached hydrogens (tertiary/aromatic N) is 1. The van der Waals surface area contributed by atoms with Gasteiger partial charge in [0, 0.05) is 32.8 Å². The second-order valence-corrected chi connectivity index (χ2v) is 7.73. The van der Waals surface area contributed by atoms with Gasteiger partial charge in [-0.15, -0.1) is 0 Å². The molecule has 0 saturated heterocycles. The highest BCUT2D eigenvalue weighted by atomic mass is 79.9. The van der Waals surface area contributed by atoms with E-state index in [2.05, 4.69) is 25.6 Å². The summed E-state index contributed by atoms with van der Waals surface area (Å²) in [6, 6.07) is 12.0. The van der Waals surface area contributed by atoms with Crippen molar-refractivity contribution in [2.45, 2.75) is 0 Å². The number of halogens is 2. The molecule has 0 atom stereocenters. The molecule has 0 spiro atoms. The highest BCUT2D eigenvalue weighted by Crippen LogP contribution is 2.25. The van der Waals surface area contributed by atoms with Crippen LogP contribution in [0, 0.1) is 17.1 Å². The van der Waals surface area contributed by atoms with Gasteiger partial charge in [-0.05, 0) is 48.5 Å². The van der Waals surface area contributed by atoms with Crippen LogP contribution in [-0.4, -0.2) is 13.4 Å². The Labute approximate surface area is 152 Å². The first kappa shape index (κ1) is 17.2. The van der Waals surface area contributed by atoms with Gasteiger partial charge < -0.3 is 4.98 Å². The Morgan fingerprint density at radius 3 is 2.64 bits per heavy atom. The number of nitrogens with one attached hydrogen (secondary N) is 2. The molecule has 1 aromatic heterocycles. The van der Waals surface area contributed by atoms with Crippen LogP contribution < -0.4 is 4.72 Å². The minimum atomic E-state index is -4.09. The third kappa shape index (κ3) is 3.73. The number of allylic oxidation sites excluding steroid dienone is 1. The van der Waals surface area contributed by atoms with Crippen LogP contribution in [-0.2, 0) is 10.0 Å². The Kier molecular flexibility index (Phi) is 4.61. The summed E-state index contributed by atoms with van der Waals surface area (Å²) in [6.45, 7) is 0. The molecule has 3 aromatic rings. The molecule has 2 aromatic carbocycles. The Morgan fingerprint density at radius 2 is 1.96 bits per heavy atom. The summed E-state index contributed by atoms with van der Waals surface area (Å²) in [5, 5.41) is 10.1. The fourth-order valence-electron chi connectivity index (χ4n) is 2.27. The fraction of sp³-hybridized carbons (Fsp3) is 0. The predicted molar refractivity (Wildman–Crippen MR) is 98.5 cm³/mol. The normalized spacial score (nSPS) is 12.1. The molecular weight excluding hydrogens is 409 g/mol. The summed E-state index contributed by atoms with van der Waals surface area (Å²) in [4.78, 5) is 2.57. The Bertz CT molecular complexity index is 1110. The summed E-state index contributed by atoms with van der Waals surface area (Å²) in [6.07, 6.45) is 2.92. The third-order valence-electron chi connectivity index (χ3n) is 3.46. The minimum absolute atomic E-state index is 0.171. The summed E-state index contributed by atoms with van der Waals surface area (Å²) < 4.78 is 40.9. The van der Waals surface area contributed by atoms with Crippen LogP contribution in [0.3, 0.4) is 0 Å². The van der Waals surface area contributed by atoms with Gasteiger partial charge in [0.1, 0.15) is 11.9 Å². The highest BCUT2D eigenvalue weighted by Gasteiger charge is 2.18. The van der Waals surface area contributed by atoms with Gasteiger partial charge >= 0.3 is 0 Å². The zero-order chi connectivity index (χ0) is 18.0. The molecule has 25 heavy (non-hydrogen) atoms. The molecule has 0 aliphatic carbocycles. The second-order valence-electron chi connectivity index (χ2n) is 5.17. The fourth-order valence-corrected chi connectivity index (χ4v) is 3.59. The summed E-state index contributed by atoms with van der Waals surface area (Å²) >= 11 is 3.36. The van der Waals surface area contributed by atoms with Crippen LogP contribution in [0.15, 0.2) is 58.0 Å². The lowest BCUT2D eigenvalue weighted by Gasteiger charge is -2.06. The van der Waals surface area contributed by atoms with E-state index >= 15 is 0 Å². The molecule has 126 valence electrons. The van der Waals surface area contributed by atoms with Gasteiger partial charge in [0.2, 0.25) is 0 Å². The summed E-state index contributed by atoms with van der Waals surface area (Å²) in [7, 11) is -4.09. The Morgan fingerprint density at radius 1 is 1.24 bits per heavy atom. The maximum Gasteiger partial charge on any atom is 0.272 e. The van der Waals surface area contributed by atoms with Gasteiger partial charge in [-0.1, -0.05) is 15.9 Å². The lowest BCUT2D eigenvalue weighted by atomic mass is 10.1. The van der Waals surface area contributed by atoms with Gasteiger partial charge in [-0.3, -0.25) is 4.72 Å². The molecule has 1 heterocycles. The molecule has 0 bridgehead atoms. The van der Waals surface area contributed by atoms with Gasteiger partial charge in [-0.2, -0.15) is 5.26 Å². The van der Waals surface area contributed by atoms with E-state index in [1.165, 1.54) is 18.2 Å². The SMILES string of the molecule is N#CC(=Cc1c[nH]c2ccc(Br)cc12)S(=O)(=O)Nc1ccc(F)cc1. The summed E-state index contributed by atoms with van der Waals surface area (Å²) in [5.74, 6) is -0.483. The van der Waals surface area contributed by atoms with Crippen LogP contribution in [0.25, 0.3) is 17.0 Å². The molecule has 0 radical (unpaired) electrons. The maximum atomic E-state index is 12.9. The number of aromatic amines is 1. The Balaban J connectivity index is 2.00. The maximum absolute atomic E-state index is 12.9. The van der Waals surface area contributed by atoms with E-state index in [1.807, 2.05) is 18.2 Å². The molecule has 3 rings (SSSR count). The molecule has 5 nitrogen and oxygen atoms in total. The zero-order valence-corrected chi connectivity index (χ0v) is 15.0. The van der Waals surface area contributed by atoms with E-state index in [9.17, 15) is 18.1 Å². The molecular formula is C17H11BrFN3O2S. The molecule has 0 unspecified atom stereocenters. The van der Waals surface area contributed by atoms with Gasteiger partial charge in [0.15, 0.2) is 4.91 Å². The number of benzene rings is 2. The monoisotopic (exact) mass is 419 g/mol. The van der Waals surface area contributed by atoms with Crippen LogP contribution in [0.2, 0.25) is 0 Å². The average molecular weight is 420 g/mol. The first-order valence-electron chi connectivity index (χ1n) is 7.06. The van der Waals surface area contributed by atoms with Crippen LogP contribution in [0.4, 0.5) is 10.1 Å². The first-order chi connectivity index (χ1) is 11.9. The van der Waals surface area contributed by atoms with E-state index in [0.29, 0.717) is 5.56 Å². The smallest absolute Gasteiger partial charge is 0.272 e. The second kappa shape index (κ2) is 6.70. The van der Waals surface area contributed by atoms with Crippen LogP contribution in [0.5, 0.6) is 0 Å². The number of hydrogen-bond donors (Lipinski definition) is 2. The largest absolute Gasteiger partial charge is 0.361 e. The lowest BCUT2D eigenvalue weighted by molar-refractivity contribution is 0.608. The molecule has 0 saturated carbocycles. The number of anilines is 1. The van der Waals surface area contributed by atoms with Crippen molar-refractivity contribution >= 4 is 48.6 Å². The molecule has 0 aliphatic heterocycles. The number of rotatable bonds is 4. The number of aromatic nitrogens is 1. The summed E-state index contributed by atoms with van der Waals surface area (Å²) in [5.41, 5.74) is 1.55. The van der Waals surface area contributed by atoms with E-state index in [4.69, 9.17) is 0 Å². The molecule has 8 heteroatoms. The minimum Gasteiger partial charge on any atom is -0.361 e. The van der Waals surface area contributed by atoms with Crippen LogP contribution >= 0.6 is 15.9 Å². The van der Waals surface area contributed by atoms with Crippen LogP contribution in [0.1, 0.15) is 5.56 Å². The molecule has 0 aliphatic rings. The van der Waals surface area contributed by atoms with Crippen molar-refractivity contribution in [2.24, 2.45) is 0 Å². The average Bonchev–Trinajstić information content (AvgIpc) is 2.96. The number of H-pyrrole nitrogens is 1. The molecule has 0 amide bonds. The van der Waals surface area contributed by atoms with E-state index < -0.39 is 20.7 Å². The van der Waals surface area contributed by atoms with E-state index in [0.717, 1.165) is 27.5 Å².